The van der Waals surface area contributed by atoms with Crippen molar-refractivity contribution in [3.63, 3.8) is 0 Å². The quantitative estimate of drug-likeness (QED) is 0.618. The Kier molecular flexibility index (Phi) is 1.97. The van der Waals surface area contributed by atoms with Crippen molar-refractivity contribution in [3.05, 3.63) is 11.6 Å². The van der Waals surface area contributed by atoms with Crippen molar-refractivity contribution in [1.29, 1.82) is 0 Å². The molecule has 1 N–H and O–H groups in total. The third-order valence-corrected chi connectivity index (χ3v) is 2.73. The van der Waals surface area contributed by atoms with E-state index in [9.17, 15) is 4.79 Å². The van der Waals surface area contributed by atoms with E-state index >= 15 is 0 Å². The molecule has 2 aliphatic carbocycles. The van der Waals surface area contributed by atoms with E-state index in [2.05, 4.69) is 6.08 Å². The zero-order chi connectivity index (χ0) is 7.19. The molecule has 0 heterocycles. The van der Waals surface area contributed by atoms with Gasteiger partial charge in [-0.3, -0.25) is 4.79 Å². The second kappa shape index (κ2) is 2.52. The molecule has 2 aliphatic rings. The molecule has 0 amide bonds. The van der Waals surface area contributed by atoms with Crippen LogP contribution in [0, 0.1) is 5.41 Å². The van der Waals surface area contributed by atoms with E-state index in [4.69, 9.17) is 5.11 Å². The molecule has 0 aromatic carbocycles. The highest BCUT2D eigenvalue weighted by Crippen LogP contribution is 2.50. The highest BCUT2D eigenvalue weighted by atomic mass is 35.5. The molecule has 0 aromatic rings. The van der Waals surface area contributed by atoms with Crippen LogP contribution in [-0.4, -0.2) is 11.1 Å². The molecule has 0 spiro atoms. The zero-order valence-corrected chi connectivity index (χ0v) is 6.99. The number of hydrogen-bond donors (Lipinski definition) is 1. The summed E-state index contributed by atoms with van der Waals surface area (Å²) in [6.07, 6.45) is 5.58. The molecule has 1 unspecified atom stereocenters. The zero-order valence-electron chi connectivity index (χ0n) is 6.17. The molecular formula is C8H11ClO2. The van der Waals surface area contributed by atoms with Gasteiger partial charge in [-0.05, 0) is 25.7 Å². The fourth-order valence-electron chi connectivity index (χ4n) is 1.97. The second-order valence-corrected chi connectivity index (χ2v) is 3.33. The molecule has 1 atom stereocenters. The van der Waals surface area contributed by atoms with Gasteiger partial charge in [0.15, 0.2) is 0 Å². The van der Waals surface area contributed by atoms with Gasteiger partial charge in [0, 0.05) is 0 Å². The summed E-state index contributed by atoms with van der Waals surface area (Å²) < 4.78 is 0. The Morgan fingerprint density at radius 2 is 2.36 bits per heavy atom. The minimum absolute atomic E-state index is 0. The summed E-state index contributed by atoms with van der Waals surface area (Å²) in [7, 11) is 0. The fraction of sp³-hybridized carbons (Fsp3) is 0.625. The van der Waals surface area contributed by atoms with E-state index in [1.807, 2.05) is 0 Å². The average molecular weight is 175 g/mol. The molecule has 11 heavy (non-hydrogen) atoms. The normalized spacial score (nSPS) is 32.9. The molecule has 1 fully saturated rings. The van der Waals surface area contributed by atoms with E-state index in [1.165, 1.54) is 5.57 Å². The van der Waals surface area contributed by atoms with Crippen molar-refractivity contribution in [2.75, 3.05) is 0 Å². The molecule has 2 bridgehead atoms. The number of carboxylic acid groups (broad SMARTS) is 1. The van der Waals surface area contributed by atoms with Gasteiger partial charge in [0.1, 0.15) is 0 Å². The largest absolute Gasteiger partial charge is 0.481 e. The Bertz CT molecular complexity index is 222. The highest BCUT2D eigenvalue weighted by Gasteiger charge is 2.45. The number of carbonyl (C=O) groups is 1. The van der Waals surface area contributed by atoms with Gasteiger partial charge >= 0.3 is 5.97 Å². The van der Waals surface area contributed by atoms with Crippen LogP contribution in [-0.2, 0) is 4.79 Å². The molecular weight excluding hydrogens is 164 g/mol. The van der Waals surface area contributed by atoms with Gasteiger partial charge in [-0.15, -0.1) is 12.4 Å². The Morgan fingerprint density at radius 1 is 1.64 bits per heavy atom. The molecule has 0 saturated heterocycles. The van der Waals surface area contributed by atoms with Crippen LogP contribution >= 0.6 is 12.4 Å². The first-order valence-electron chi connectivity index (χ1n) is 3.64. The summed E-state index contributed by atoms with van der Waals surface area (Å²) in [5, 5.41) is 8.86. The number of rotatable bonds is 1. The smallest absolute Gasteiger partial charge is 0.310 e. The van der Waals surface area contributed by atoms with Crippen molar-refractivity contribution in [1.82, 2.24) is 0 Å². The molecule has 0 radical (unpaired) electrons. The minimum atomic E-state index is -0.601. The number of halogens is 1. The maximum atomic E-state index is 10.7. The Morgan fingerprint density at radius 3 is 2.55 bits per heavy atom. The van der Waals surface area contributed by atoms with Crippen LogP contribution < -0.4 is 0 Å². The van der Waals surface area contributed by atoms with E-state index < -0.39 is 5.97 Å². The molecule has 62 valence electrons. The first-order chi connectivity index (χ1) is 4.73. The SMILES string of the molecule is Cl.O=C(O)C12CC=C(CC1)C2. The summed E-state index contributed by atoms with van der Waals surface area (Å²) in [6.45, 7) is 0. The maximum Gasteiger partial charge on any atom is 0.310 e. The first kappa shape index (κ1) is 8.60. The second-order valence-electron chi connectivity index (χ2n) is 3.33. The van der Waals surface area contributed by atoms with Crippen LogP contribution in [0.1, 0.15) is 25.7 Å². The Labute approximate surface area is 71.7 Å². The van der Waals surface area contributed by atoms with Crippen LogP contribution in [0.2, 0.25) is 0 Å². The molecule has 1 saturated carbocycles. The first-order valence-corrected chi connectivity index (χ1v) is 3.64. The van der Waals surface area contributed by atoms with Crippen molar-refractivity contribution in [2.24, 2.45) is 5.41 Å². The number of hydrogen-bond acceptors (Lipinski definition) is 1. The van der Waals surface area contributed by atoms with Gasteiger partial charge in [-0.25, -0.2) is 0 Å². The van der Waals surface area contributed by atoms with E-state index in [-0.39, 0.29) is 17.8 Å². The van der Waals surface area contributed by atoms with Crippen molar-refractivity contribution in [2.45, 2.75) is 25.7 Å². The monoisotopic (exact) mass is 174 g/mol. The number of aliphatic carboxylic acids is 1. The van der Waals surface area contributed by atoms with Crippen molar-refractivity contribution < 1.29 is 9.90 Å². The Balaban J connectivity index is 0.000000605. The van der Waals surface area contributed by atoms with Crippen LogP contribution in [0.4, 0.5) is 0 Å². The molecule has 2 rings (SSSR count). The molecule has 0 aliphatic heterocycles. The van der Waals surface area contributed by atoms with E-state index in [0.29, 0.717) is 0 Å². The maximum absolute atomic E-state index is 10.7. The Hall–Kier alpha value is -0.500. The number of fused-ring (bicyclic) bond motifs is 2. The lowest BCUT2D eigenvalue weighted by Crippen LogP contribution is -2.25. The van der Waals surface area contributed by atoms with Crippen LogP contribution in [0.3, 0.4) is 0 Å². The van der Waals surface area contributed by atoms with Crippen LogP contribution in [0.25, 0.3) is 0 Å². The van der Waals surface area contributed by atoms with Gasteiger partial charge < -0.3 is 5.11 Å². The molecule has 3 heteroatoms. The van der Waals surface area contributed by atoms with Crippen LogP contribution in [0.15, 0.2) is 11.6 Å². The predicted octanol–water partition coefficient (Wildman–Crippen LogP) is 1.99. The summed E-state index contributed by atoms with van der Waals surface area (Å²) in [4.78, 5) is 10.7. The fourth-order valence-corrected chi connectivity index (χ4v) is 1.97. The lowest BCUT2D eigenvalue weighted by molar-refractivity contribution is -0.148. The summed E-state index contributed by atoms with van der Waals surface area (Å²) >= 11 is 0. The third-order valence-electron chi connectivity index (χ3n) is 2.73. The lowest BCUT2D eigenvalue weighted by Gasteiger charge is -2.18. The third kappa shape index (κ3) is 1.06. The standard InChI is InChI=1S/C8H10O2.ClH/c9-7(10)8-3-1-6(5-8)2-4-8;/h1H,2-5H2,(H,9,10);1H. The summed E-state index contributed by atoms with van der Waals surface area (Å²) in [6, 6.07) is 0. The summed E-state index contributed by atoms with van der Waals surface area (Å²) in [5.74, 6) is -0.601. The number of allylic oxidation sites excluding steroid dienone is 2. The van der Waals surface area contributed by atoms with E-state index in [0.717, 1.165) is 25.7 Å². The topological polar surface area (TPSA) is 37.3 Å². The van der Waals surface area contributed by atoms with Crippen LogP contribution in [0.5, 0.6) is 0 Å². The predicted molar refractivity (Wildman–Crippen MR) is 43.9 cm³/mol. The van der Waals surface area contributed by atoms with Gasteiger partial charge in [0.25, 0.3) is 0 Å². The van der Waals surface area contributed by atoms with Crippen molar-refractivity contribution in [3.8, 4) is 0 Å². The average Bonchev–Trinajstić information content (AvgIpc) is 2.45. The number of carboxylic acids is 1. The van der Waals surface area contributed by atoms with Gasteiger partial charge in [0.05, 0.1) is 5.41 Å². The summed E-state index contributed by atoms with van der Waals surface area (Å²) in [5.41, 5.74) is 0.998. The van der Waals surface area contributed by atoms with Gasteiger partial charge in [0.2, 0.25) is 0 Å². The van der Waals surface area contributed by atoms with Gasteiger partial charge in [-0.2, -0.15) is 0 Å². The highest BCUT2D eigenvalue weighted by molar-refractivity contribution is 5.85. The van der Waals surface area contributed by atoms with E-state index in [1.54, 1.807) is 0 Å². The molecule has 2 nitrogen and oxygen atoms in total. The van der Waals surface area contributed by atoms with Gasteiger partial charge in [-0.1, -0.05) is 11.6 Å². The lowest BCUT2D eigenvalue weighted by atomic mass is 9.85. The van der Waals surface area contributed by atoms with Crippen molar-refractivity contribution >= 4 is 18.4 Å². The minimum Gasteiger partial charge on any atom is -0.481 e. The molecule has 0 aromatic heterocycles.